The van der Waals surface area contributed by atoms with Crippen LogP contribution in [-0.4, -0.2) is 0 Å². The fraction of sp³-hybridized carbons (Fsp3) is 0.160. The predicted octanol–water partition coefficient (Wildman–Crippen LogP) is 14.8. The Bertz CT molecular complexity index is 2630. The third-order valence-corrected chi connectivity index (χ3v) is 10.6. The highest BCUT2D eigenvalue weighted by atomic mass is 19.1. The van der Waals surface area contributed by atoms with E-state index in [0.717, 1.165) is 77.6 Å². The molecule has 0 atom stereocenters. The van der Waals surface area contributed by atoms with E-state index < -0.39 is 0 Å². The molecule has 4 nitrogen and oxygen atoms in total. The predicted molar refractivity (Wildman–Crippen MR) is 228 cm³/mol. The first-order valence-corrected chi connectivity index (χ1v) is 18.7. The second-order valence-corrected chi connectivity index (χ2v) is 16.4. The van der Waals surface area contributed by atoms with Gasteiger partial charge in [-0.05, 0) is 141 Å². The van der Waals surface area contributed by atoms with E-state index in [0.29, 0.717) is 11.3 Å². The van der Waals surface area contributed by atoms with Gasteiger partial charge >= 0.3 is 0 Å². The molecule has 56 heavy (non-hydrogen) atoms. The smallest absolute Gasteiger partial charge is 0.187 e. The lowest BCUT2D eigenvalue weighted by Gasteiger charge is -2.33. The maximum absolute atomic E-state index is 14.5. The molecule has 8 rings (SSSR count). The fourth-order valence-corrected chi connectivity index (χ4v) is 7.96. The molecule has 8 aromatic carbocycles. The number of hydrogen-bond acceptors (Lipinski definition) is 3. The standard InChI is InChI=1S/C50H40F2N4/c1-49(2,3)43-28-45(55(36-18-10-32(51)11-19-36)35-16-8-31(30-53)9-17-35)41-26-24-40-44(50(4,5)6)29-46(42-27-25-39(43)47(41)48(40)42)56(37-20-12-33(52)13-21-37)38-22-14-34(54-7)15-23-38/h8-29H,1-6H3. The van der Waals surface area contributed by atoms with Crippen molar-refractivity contribution in [2.75, 3.05) is 9.80 Å². The van der Waals surface area contributed by atoms with Gasteiger partial charge in [0.2, 0.25) is 0 Å². The van der Waals surface area contributed by atoms with Gasteiger partial charge in [0.15, 0.2) is 5.69 Å². The van der Waals surface area contributed by atoms with Crippen LogP contribution in [0.1, 0.15) is 58.2 Å². The minimum atomic E-state index is -0.323. The van der Waals surface area contributed by atoms with E-state index in [1.54, 1.807) is 24.3 Å². The summed E-state index contributed by atoms with van der Waals surface area (Å²) in [5, 5.41) is 16.2. The van der Waals surface area contributed by atoms with Crippen LogP contribution in [0.3, 0.4) is 0 Å². The average molecular weight is 735 g/mol. The van der Waals surface area contributed by atoms with Gasteiger partial charge in [-0.1, -0.05) is 77.9 Å². The molecule has 0 spiro atoms. The van der Waals surface area contributed by atoms with Crippen molar-refractivity contribution in [2.24, 2.45) is 0 Å². The van der Waals surface area contributed by atoms with Gasteiger partial charge in [-0.3, -0.25) is 0 Å². The number of nitriles is 1. The van der Waals surface area contributed by atoms with Crippen molar-refractivity contribution in [2.45, 2.75) is 52.4 Å². The Morgan fingerprint density at radius 3 is 1.18 bits per heavy atom. The Hall–Kier alpha value is -6.76. The third-order valence-electron chi connectivity index (χ3n) is 10.6. The molecule has 0 heterocycles. The minimum Gasteiger partial charge on any atom is -0.310 e. The molecule has 6 heteroatoms. The van der Waals surface area contributed by atoms with Crippen molar-refractivity contribution in [3.63, 3.8) is 0 Å². The van der Waals surface area contributed by atoms with E-state index in [-0.39, 0.29) is 22.5 Å². The fourth-order valence-electron chi connectivity index (χ4n) is 7.96. The van der Waals surface area contributed by atoms with Gasteiger partial charge in [0, 0.05) is 33.5 Å². The molecule has 8 aromatic rings. The first-order chi connectivity index (χ1) is 26.8. The summed E-state index contributed by atoms with van der Waals surface area (Å²) in [6.07, 6.45) is 0. The van der Waals surface area contributed by atoms with Gasteiger partial charge in [-0.2, -0.15) is 5.26 Å². The number of rotatable bonds is 6. The van der Waals surface area contributed by atoms with Crippen molar-refractivity contribution in [1.29, 1.82) is 5.26 Å². The Morgan fingerprint density at radius 1 is 0.500 bits per heavy atom. The average Bonchev–Trinajstić information content (AvgIpc) is 3.18. The minimum absolute atomic E-state index is 0.266. The van der Waals surface area contributed by atoms with E-state index in [2.05, 4.69) is 98.7 Å². The molecule has 0 radical (unpaired) electrons. The number of hydrogen-bond donors (Lipinski definition) is 0. The lowest BCUT2D eigenvalue weighted by molar-refractivity contribution is 0.595. The summed E-state index contributed by atoms with van der Waals surface area (Å²) in [6, 6.07) is 43.7. The topological polar surface area (TPSA) is 34.6 Å². The highest BCUT2D eigenvalue weighted by Crippen LogP contribution is 2.52. The Morgan fingerprint density at radius 2 is 0.839 bits per heavy atom. The molecule has 0 unspecified atom stereocenters. The van der Waals surface area contributed by atoms with Gasteiger partial charge in [0.1, 0.15) is 11.6 Å². The molecule has 0 aliphatic carbocycles. The Labute approximate surface area is 326 Å². The zero-order valence-electron chi connectivity index (χ0n) is 32.2. The van der Waals surface area contributed by atoms with Crippen LogP contribution in [-0.2, 0) is 10.8 Å². The molecule has 0 bridgehead atoms. The number of halogens is 2. The highest BCUT2D eigenvalue weighted by molar-refractivity contribution is 6.29. The van der Waals surface area contributed by atoms with Crippen LogP contribution in [0.25, 0.3) is 37.2 Å². The van der Waals surface area contributed by atoms with Gasteiger partial charge in [0.25, 0.3) is 0 Å². The second-order valence-electron chi connectivity index (χ2n) is 16.4. The summed E-state index contributed by atoms with van der Waals surface area (Å²) in [6.45, 7) is 20.9. The third kappa shape index (κ3) is 6.24. The van der Waals surface area contributed by atoms with E-state index in [1.165, 1.54) is 24.3 Å². The molecule has 0 aliphatic rings. The SMILES string of the molecule is [C-]#[N+]c1ccc(N(c2ccc(F)cc2)c2cc(C(C)(C)C)c3ccc4c(N(c5ccc(F)cc5)c5ccc(C#N)cc5)cc(C(C)(C)C)c5ccc2c3c45)cc1. The highest BCUT2D eigenvalue weighted by Gasteiger charge is 2.29. The quantitative estimate of drug-likeness (QED) is 0.126. The lowest BCUT2D eigenvalue weighted by atomic mass is 9.77. The summed E-state index contributed by atoms with van der Waals surface area (Å²) in [5.41, 5.74) is 7.99. The van der Waals surface area contributed by atoms with Crippen molar-refractivity contribution < 1.29 is 8.78 Å². The first-order valence-electron chi connectivity index (χ1n) is 18.7. The first kappa shape index (κ1) is 36.2. The number of nitrogens with zero attached hydrogens (tertiary/aromatic N) is 4. The monoisotopic (exact) mass is 734 g/mol. The molecular formula is C50H40F2N4. The lowest BCUT2D eigenvalue weighted by Crippen LogP contribution is -2.17. The van der Waals surface area contributed by atoms with E-state index in [4.69, 9.17) is 6.57 Å². The van der Waals surface area contributed by atoms with Crippen LogP contribution < -0.4 is 9.80 Å². The van der Waals surface area contributed by atoms with Crippen LogP contribution in [0.4, 0.5) is 48.6 Å². The van der Waals surface area contributed by atoms with E-state index in [1.807, 2.05) is 48.5 Å². The molecular weight excluding hydrogens is 695 g/mol. The van der Waals surface area contributed by atoms with E-state index >= 15 is 0 Å². The summed E-state index contributed by atoms with van der Waals surface area (Å²) in [7, 11) is 0. The van der Waals surface area contributed by atoms with Crippen LogP contribution in [0.15, 0.2) is 133 Å². The van der Waals surface area contributed by atoms with Crippen molar-refractivity contribution in [3.05, 3.63) is 173 Å². The Balaban J connectivity index is 1.53. The van der Waals surface area contributed by atoms with E-state index in [9.17, 15) is 14.0 Å². The molecule has 0 aromatic heterocycles. The molecule has 0 amide bonds. The molecule has 0 saturated carbocycles. The number of benzene rings is 8. The molecule has 274 valence electrons. The van der Waals surface area contributed by atoms with Gasteiger partial charge < -0.3 is 9.80 Å². The normalized spacial score (nSPS) is 11.9. The summed E-state index contributed by atoms with van der Waals surface area (Å²) < 4.78 is 28.9. The van der Waals surface area contributed by atoms with Crippen LogP contribution >= 0.6 is 0 Å². The maximum atomic E-state index is 14.5. The largest absolute Gasteiger partial charge is 0.310 e. The number of anilines is 6. The van der Waals surface area contributed by atoms with Crippen LogP contribution in [0.2, 0.25) is 0 Å². The Kier molecular flexibility index (Phi) is 8.75. The molecule has 0 fully saturated rings. The summed E-state index contributed by atoms with van der Waals surface area (Å²) in [4.78, 5) is 7.94. The zero-order chi connectivity index (χ0) is 39.5. The summed E-state index contributed by atoms with van der Waals surface area (Å²) in [5.74, 6) is -0.644. The van der Waals surface area contributed by atoms with Crippen molar-refractivity contribution in [1.82, 2.24) is 0 Å². The second kappa shape index (κ2) is 13.5. The van der Waals surface area contributed by atoms with Crippen LogP contribution in [0, 0.1) is 29.5 Å². The van der Waals surface area contributed by atoms with Gasteiger partial charge in [0.05, 0.1) is 29.6 Å². The van der Waals surface area contributed by atoms with Gasteiger partial charge in [-0.15, -0.1) is 0 Å². The molecule has 0 saturated heterocycles. The maximum Gasteiger partial charge on any atom is 0.187 e. The molecule has 0 N–H and O–H groups in total. The van der Waals surface area contributed by atoms with Gasteiger partial charge in [-0.25, -0.2) is 13.6 Å². The van der Waals surface area contributed by atoms with Crippen molar-refractivity contribution >= 4 is 72.1 Å². The van der Waals surface area contributed by atoms with Crippen LogP contribution in [0.5, 0.6) is 0 Å². The molecule has 0 aliphatic heterocycles. The zero-order valence-corrected chi connectivity index (χ0v) is 32.2. The summed E-state index contributed by atoms with van der Waals surface area (Å²) >= 11 is 0. The van der Waals surface area contributed by atoms with Crippen molar-refractivity contribution in [3.8, 4) is 6.07 Å².